The van der Waals surface area contributed by atoms with Gasteiger partial charge < -0.3 is 5.11 Å². The van der Waals surface area contributed by atoms with Gasteiger partial charge in [-0.1, -0.05) is 12.1 Å². The molecule has 0 spiro atoms. The lowest BCUT2D eigenvalue weighted by molar-refractivity contribution is 0.202. The lowest BCUT2D eigenvalue weighted by atomic mass is 10.1. The van der Waals surface area contributed by atoms with Crippen molar-refractivity contribution in [3.8, 4) is 11.1 Å². The van der Waals surface area contributed by atoms with Crippen molar-refractivity contribution in [3.05, 3.63) is 51.5 Å². The number of anilines is 1. The third-order valence-electron chi connectivity index (χ3n) is 3.64. The molecular formula is C16H14FN3O3S. The van der Waals surface area contributed by atoms with Crippen LogP contribution in [0.1, 0.15) is 12.6 Å². The minimum Gasteiger partial charge on any atom is -0.465 e. The molecule has 0 unspecified atom stereocenters. The minimum absolute atomic E-state index is 0.0162. The van der Waals surface area contributed by atoms with E-state index in [1.54, 1.807) is 25.3 Å². The van der Waals surface area contributed by atoms with Crippen LogP contribution in [0.4, 0.5) is 15.0 Å². The van der Waals surface area contributed by atoms with Crippen LogP contribution in [0.3, 0.4) is 0 Å². The molecule has 2 heterocycles. The summed E-state index contributed by atoms with van der Waals surface area (Å²) in [5.41, 5.74) is 0.633. The summed E-state index contributed by atoms with van der Waals surface area (Å²) in [6.45, 7) is 3.52. The van der Waals surface area contributed by atoms with Gasteiger partial charge >= 0.3 is 6.09 Å². The van der Waals surface area contributed by atoms with Crippen molar-refractivity contribution in [1.82, 2.24) is 9.38 Å². The summed E-state index contributed by atoms with van der Waals surface area (Å²) in [6, 6.07) is 5.50. The maximum atomic E-state index is 13.6. The van der Waals surface area contributed by atoms with E-state index in [1.807, 2.05) is 0 Å². The molecule has 8 heteroatoms. The third kappa shape index (κ3) is 2.54. The average Bonchev–Trinajstić information content (AvgIpc) is 2.89. The van der Waals surface area contributed by atoms with Crippen LogP contribution in [-0.2, 0) is 0 Å². The van der Waals surface area contributed by atoms with E-state index < -0.39 is 17.5 Å². The molecule has 1 N–H and O–H groups in total. The highest BCUT2D eigenvalue weighted by atomic mass is 32.1. The summed E-state index contributed by atoms with van der Waals surface area (Å²) >= 11 is 1.25. The van der Waals surface area contributed by atoms with Crippen LogP contribution in [0.5, 0.6) is 0 Å². The number of nitrogens with zero attached hydrogens (tertiary/aromatic N) is 3. The molecule has 0 aliphatic carbocycles. The van der Waals surface area contributed by atoms with E-state index >= 15 is 0 Å². The van der Waals surface area contributed by atoms with E-state index in [9.17, 15) is 19.1 Å². The maximum Gasteiger partial charge on any atom is 0.413 e. The molecule has 124 valence electrons. The smallest absolute Gasteiger partial charge is 0.413 e. The number of aryl methyl sites for hydroxylation is 1. The standard InChI is InChI=1S/C16H14FN3O3S/c1-3-19(16(22)23)13-12(10-5-4-6-11(17)7-10)14(21)20-9(2)8-24-15(20)18-13/h4-8H,3H2,1-2H3,(H,22,23). The Morgan fingerprint density at radius 3 is 2.83 bits per heavy atom. The zero-order valence-corrected chi connectivity index (χ0v) is 13.8. The molecule has 1 amide bonds. The first-order valence-corrected chi connectivity index (χ1v) is 8.09. The summed E-state index contributed by atoms with van der Waals surface area (Å²) in [7, 11) is 0. The number of carbonyl (C=O) groups is 1. The second-order valence-corrected chi connectivity index (χ2v) is 5.98. The Morgan fingerprint density at radius 2 is 2.21 bits per heavy atom. The van der Waals surface area contributed by atoms with Crippen molar-refractivity contribution in [2.24, 2.45) is 0 Å². The van der Waals surface area contributed by atoms with Crippen molar-refractivity contribution < 1.29 is 14.3 Å². The summed E-state index contributed by atoms with van der Waals surface area (Å²) < 4.78 is 15.0. The SMILES string of the molecule is CCN(C(=O)O)c1nc2scc(C)n2c(=O)c1-c1cccc(F)c1. The molecule has 1 aromatic carbocycles. The molecule has 0 atom stereocenters. The second-order valence-electron chi connectivity index (χ2n) is 5.15. The van der Waals surface area contributed by atoms with Gasteiger partial charge in [0.1, 0.15) is 5.82 Å². The predicted molar refractivity (Wildman–Crippen MR) is 90.5 cm³/mol. The summed E-state index contributed by atoms with van der Waals surface area (Å²) in [4.78, 5) is 30.3. The molecule has 24 heavy (non-hydrogen) atoms. The fourth-order valence-electron chi connectivity index (χ4n) is 2.54. The number of hydrogen-bond acceptors (Lipinski definition) is 4. The Bertz CT molecular complexity index is 996. The van der Waals surface area contributed by atoms with Gasteiger partial charge in [0, 0.05) is 17.6 Å². The Kier molecular flexibility index (Phi) is 4.06. The summed E-state index contributed by atoms with van der Waals surface area (Å²) in [5.74, 6) is -0.495. The molecule has 6 nitrogen and oxygen atoms in total. The molecule has 0 aliphatic heterocycles. The first-order chi connectivity index (χ1) is 11.4. The number of carboxylic acid groups (broad SMARTS) is 1. The topological polar surface area (TPSA) is 74.9 Å². The number of aromatic nitrogens is 2. The van der Waals surface area contributed by atoms with Crippen LogP contribution in [0, 0.1) is 12.7 Å². The Labute approximate surface area is 140 Å². The van der Waals surface area contributed by atoms with Crippen LogP contribution in [0.25, 0.3) is 16.1 Å². The molecular weight excluding hydrogens is 333 g/mol. The van der Waals surface area contributed by atoms with Gasteiger partial charge in [0.05, 0.1) is 5.56 Å². The molecule has 2 aromatic heterocycles. The molecule has 3 aromatic rings. The minimum atomic E-state index is -1.22. The normalized spacial score (nSPS) is 11.0. The average molecular weight is 347 g/mol. The van der Waals surface area contributed by atoms with Crippen molar-refractivity contribution in [2.45, 2.75) is 13.8 Å². The monoisotopic (exact) mass is 347 g/mol. The third-order valence-corrected chi connectivity index (χ3v) is 4.58. The van der Waals surface area contributed by atoms with Gasteiger partial charge in [0.15, 0.2) is 10.8 Å². The summed E-state index contributed by atoms with van der Waals surface area (Å²) in [6.07, 6.45) is -1.22. The first kappa shape index (κ1) is 16.1. The molecule has 0 saturated heterocycles. The quantitative estimate of drug-likeness (QED) is 0.788. The number of hydrogen-bond donors (Lipinski definition) is 1. The summed E-state index contributed by atoms with van der Waals surface area (Å²) in [5, 5.41) is 11.2. The Hall–Kier alpha value is -2.74. The molecule has 0 saturated carbocycles. The number of amides is 1. The van der Waals surface area contributed by atoms with Gasteiger partial charge in [0.2, 0.25) is 0 Å². The van der Waals surface area contributed by atoms with E-state index in [1.165, 1.54) is 33.9 Å². The number of thiazole rings is 1. The molecule has 3 rings (SSSR count). The van der Waals surface area contributed by atoms with E-state index in [0.29, 0.717) is 16.2 Å². The molecule has 0 radical (unpaired) electrons. The van der Waals surface area contributed by atoms with Gasteiger partial charge in [-0.25, -0.2) is 14.2 Å². The van der Waals surface area contributed by atoms with Gasteiger partial charge in [-0.05, 0) is 31.5 Å². The zero-order chi connectivity index (χ0) is 17.4. The van der Waals surface area contributed by atoms with Crippen LogP contribution in [0.15, 0.2) is 34.4 Å². The van der Waals surface area contributed by atoms with Gasteiger partial charge in [-0.15, -0.1) is 11.3 Å². The predicted octanol–water partition coefficient (Wildman–Crippen LogP) is 3.37. The lowest BCUT2D eigenvalue weighted by Gasteiger charge is -2.19. The second kappa shape index (κ2) is 6.04. The van der Waals surface area contributed by atoms with E-state index in [4.69, 9.17) is 0 Å². The van der Waals surface area contributed by atoms with Gasteiger partial charge in [-0.2, -0.15) is 0 Å². The number of fused-ring (bicyclic) bond motifs is 1. The highest BCUT2D eigenvalue weighted by Crippen LogP contribution is 2.28. The van der Waals surface area contributed by atoms with E-state index in [-0.39, 0.29) is 17.9 Å². The highest BCUT2D eigenvalue weighted by molar-refractivity contribution is 7.15. The Balaban J connectivity index is 2.43. The lowest BCUT2D eigenvalue weighted by Crippen LogP contribution is -2.33. The van der Waals surface area contributed by atoms with Crippen molar-refractivity contribution in [3.63, 3.8) is 0 Å². The van der Waals surface area contributed by atoms with Crippen LogP contribution >= 0.6 is 11.3 Å². The number of halogens is 1. The number of rotatable bonds is 3. The largest absolute Gasteiger partial charge is 0.465 e. The zero-order valence-electron chi connectivity index (χ0n) is 13.0. The van der Waals surface area contributed by atoms with E-state index in [2.05, 4.69) is 4.98 Å². The molecule has 0 aliphatic rings. The van der Waals surface area contributed by atoms with Crippen LogP contribution < -0.4 is 10.5 Å². The van der Waals surface area contributed by atoms with Crippen molar-refractivity contribution >= 4 is 28.2 Å². The molecule has 0 bridgehead atoms. The fraction of sp³-hybridized carbons (Fsp3) is 0.188. The van der Waals surface area contributed by atoms with Crippen LogP contribution in [-0.4, -0.2) is 27.1 Å². The van der Waals surface area contributed by atoms with Crippen molar-refractivity contribution in [2.75, 3.05) is 11.4 Å². The molecule has 0 fully saturated rings. The maximum absolute atomic E-state index is 13.6. The van der Waals surface area contributed by atoms with Crippen LogP contribution in [0.2, 0.25) is 0 Å². The van der Waals surface area contributed by atoms with Crippen molar-refractivity contribution in [1.29, 1.82) is 0 Å². The first-order valence-electron chi connectivity index (χ1n) is 7.21. The number of benzene rings is 1. The fourth-order valence-corrected chi connectivity index (χ4v) is 3.39. The highest BCUT2D eigenvalue weighted by Gasteiger charge is 2.24. The van der Waals surface area contributed by atoms with Gasteiger partial charge in [-0.3, -0.25) is 14.1 Å². The Morgan fingerprint density at radius 1 is 1.46 bits per heavy atom. The van der Waals surface area contributed by atoms with E-state index in [0.717, 1.165) is 4.90 Å². The van der Waals surface area contributed by atoms with Gasteiger partial charge in [0.25, 0.3) is 5.56 Å².